The van der Waals surface area contributed by atoms with Crippen molar-refractivity contribution < 1.29 is 8.42 Å². The van der Waals surface area contributed by atoms with E-state index in [0.717, 1.165) is 13.1 Å². The van der Waals surface area contributed by atoms with Crippen molar-refractivity contribution in [1.82, 2.24) is 14.2 Å². The first-order valence-corrected chi connectivity index (χ1v) is 8.24. The molecule has 2 fully saturated rings. The van der Waals surface area contributed by atoms with Gasteiger partial charge >= 0.3 is 0 Å². The van der Waals surface area contributed by atoms with Crippen molar-refractivity contribution in [3.8, 4) is 0 Å². The summed E-state index contributed by atoms with van der Waals surface area (Å²) in [6.45, 7) is 2.68. The van der Waals surface area contributed by atoms with E-state index in [1.807, 2.05) is 0 Å². The molecule has 0 N–H and O–H groups in total. The maximum Gasteiger partial charge on any atom is 0.246 e. The molecule has 2 heterocycles. The second kappa shape index (κ2) is 5.01. The minimum absolute atomic E-state index is 0.108. The Morgan fingerprint density at radius 2 is 1.89 bits per heavy atom. The van der Waals surface area contributed by atoms with E-state index in [1.54, 1.807) is 0 Å². The summed E-state index contributed by atoms with van der Waals surface area (Å²) in [6, 6.07) is 2.20. The molecule has 1 aromatic heterocycles. The van der Waals surface area contributed by atoms with Gasteiger partial charge < -0.3 is 0 Å². The van der Waals surface area contributed by atoms with Gasteiger partial charge in [-0.1, -0.05) is 11.6 Å². The number of piperazine rings is 1. The Bertz CT molecular complexity index is 566. The fourth-order valence-corrected chi connectivity index (χ4v) is 4.27. The lowest BCUT2D eigenvalue weighted by Gasteiger charge is -2.34. The van der Waals surface area contributed by atoms with E-state index in [1.165, 1.54) is 35.6 Å². The van der Waals surface area contributed by atoms with E-state index < -0.39 is 10.0 Å². The van der Waals surface area contributed by atoms with Crippen molar-refractivity contribution in [1.29, 1.82) is 0 Å². The van der Waals surface area contributed by atoms with E-state index in [9.17, 15) is 8.42 Å². The van der Waals surface area contributed by atoms with Crippen LogP contribution < -0.4 is 0 Å². The third-order valence-electron chi connectivity index (χ3n) is 3.69. The van der Waals surface area contributed by atoms with Gasteiger partial charge in [-0.2, -0.15) is 4.31 Å². The molecule has 19 heavy (non-hydrogen) atoms. The molecule has 0 atom stereocenters. The molecule has 1 saturated carbocycles. The van der Waals surface area contributed by atoms with Gasteiger partial charge in [0.2, 0.25) is 10.0 Å². The predicted molar refractivity (Wildman–Crippen MR) is 72.6 cm³/mol. The van der Waals surface area contributed by atoms with Gasteiger partial charge in [-0.25, -0.2) is 8.42 Å². The highest BCUT2D eigenvalue weighted by Crippen LogP contribution is 2.29. The number of halogens is 1. The van der Waals surface area contributed by atoms with Crippen molar-refractivity contribution in [3.05, 3.63) is 23.5 Å². The first-order valence-electron chi connectivity index (χ1n) is 6.43. The normalized spacial score (nSPS) is 22.6. The summed E-state index contributed by atoms with van der Waals surface area (Å²) in [5, 5.41) is 0.236. The third-order valence-corrected chi connectivity index (χ3v) is 6.06. The molecule has 0 radical (unpaired) electrons. The lowest BCUT2D eigenvalue weighted by molar-refractivity contribution is 0.180. The molecule has 2 aliphatic rings. The van der Waals surface area contributed by atoms with Gasteiger partial charge in [-0.05, 0) is 18.9 Å². The van der Waals surface area contributed by atoms with Crippen LogP contribution in [0.25, 0.3) is 0 Å². The summed E-state index contributed by atoms with van der Waals surface area (Å²) in [7, 11) is -3.51. The van der Waals surface area contributed by atoms with E-state index >= 15 is 0 Å². The molecule has 0 bridgehead atoms. The van der Waals surface area contributed by atoms with Crippen LogP contribution in [0.4, 0.5) is 0 Å². The van der Waals surface area contributed by atoms with Crippen LogP contribution in [0.5, 0.6) is 0 Å². The molecular weight excluding hydrogens is 286 g/mol. The predicted octanol–water partition coefficient (Wildman–Crippen LogP) is 1.20. The first kappa shape index (κ1) is 13.3. The Labute approximate surface area is 118 Å². The summed E-state index contributed by atoms with van der Waals surface area (Å²) < 4.78 is 26.5. The second-order valence-corrected chi connectivity index (χ2v) is 7.29. The highest BCUT2D eigenvalue weighted by atomic mass is 35.5. The molecule has 104 valence electrons. The van der Waals surface area contributed by atoms with Crippen LogP contribution in [0.1, 0.15) is 12.8 Å². The van der Waals surface area contributed by atoms with Gasteiger partial charge in [0.05, 0.1) is 5.02 Å². The standard InChI is InChI=1S/C12H16ClN3O2S/c13-11-3-4-14-9-12(11)19(17,18)16-7-5-15(6-8-16)10-1-2-10/h3-4,9-10H,1-2,5-8H2. The van der Waals surface area contributed by atoms with Crippen molar-refractivity contribution in [2.45, 2.75) is 23.8 Å². The Morgan fingerprint density at radius 1 is 1.21 bits per heavy atom. The van der Waals surface area contributed by atoms with Gasteiger partial charge in [0.15, 0.2) is 0 Å². The monoisotopic (exact) mass is 301 g/mol. The van der Waals surface area contributed by atoms with Crippen molar-refractivity contribution in [3.63, 3.8) is 0 Å². The third kappa shape index (κ3) is 2.63. The molecule has 0 amide bonds. The van der Waals surface area contributed by atoms with Crippen LogP contribution in [0.3, 0.4) is 0 Å². The van der Waals surface area contributed by atoms with Crippen LogP contribution in [0, 0.1) is 0 Å². The number of pyridine rings is 1. The quantitative estimate of drug-likeness (QED) is 0.842. The topological polar surface area (TPSA) is 53.5 Å². The zero-order valence-electron chi connectivity index (χ0n) is 10.5. The summed E-state index contributed by atoms with van der Waals surface area (Å²) in [4.78, 5) is 6.34. The van der Waals surface area contributed by atoms with Crippen molar-refractivity contribution in [2.75, 3.05) is 26.2 Å². The molecule has 0 aromatic carbocycles. The minimum Gasteiger partial charge on any atom is -0.298 e. The SMILES string of the molecule is O=S(=O)(c1cnccc1Cl)N1CCN(C2CC2)CC1. The smallest absolute Gasteiger partial charge is 0.246 e. The maximum absolute atomic E-state index is 12.5. The fraction of sp³-hybridized carbons (Fsp3) is 0.583. The Kier molecular flexibility index (Phi) is 3.51. The number of aromatic nitrogens is 1. The fourth-order valence-electron chi connectivity index (χ4n) is 2.44. The first-order chi connectivity index (χ1) is 9.09. The van der Waals surface area contributed by atoms with E-state index in [-0.39, 0.29) is 9.92 Å². The van der Waals surface area contributed by atoms with Gasteiger partial charge in [-0.15, -0.1) is 0 Å². The number of sulfonamides is 1. The minimum atomic E-state index is -3.51. The highest BCUT2D eigenvalue weighted by Gasteiger charge is 2.35. The number of nitrogens with zero attached hydrogens (tertiary/aromatic N) is 3. The molecule has 7 heteroatoms. The molecule has 0 unspecified atom stereocenters. The Balaban J connectivity index is 1.76. The van der Waals surface area contributed by atoms with E-state index in [2.05, 4.69) is 9.88 Å². The van der Waals surface area contributed by atoms with Crippen LogP contribution in [0.15, 0.2) is 23.4 Å². The molecule has 1 saturated heterocycles. The van der Waals surface area contributed by atoms with Crippen molar-refractivity contribution >= 4 is 21.6 Å². The Hall–Kier alpha value is -0.690. The second-order valence-electron chi connectivity index (χ2n) is 4.98. The van der Waals surface area contributed by atoms with Crippen LogP contribution >= 0.6 is 11.6 Å². The van der Waals surface area contributed by atoms with Gasteiger partial charge in [0, 0.05) is 44.6 Å². The van der Waals surface area contributed by atoms with Crippen LogP contribution in [-0.2, 0) is 10.0 Å². The van der Waals surface area contributed by atoms with Gasteiger partial charge in [0.25, 0.3) is 0 Å². The van der Waals surface area contributed by atoms with Crippen LogP contribution in [0.2, 0.25) is 5.02 Å². The zero-order valence-corrected chi connectivity index (χ0v) is 12.1. The molecule has 0 spiro atoms. The Morgan fingerprint density at radius 3 is 2.47 bits per heavy atom. The molecular formula is C12H16ClN3O2S. The lowest BCUT2D eigenvalue weighted by Crippen LogP contribution is -2.49. The number of rotatable bonds is 3. The molecule has 1 aromatic rings. The van der Waals surface area contributed by atoms with Gasteiger partial charge in [-0.3, -0.25) is 9.88 Å². The van der Waals surface area contributed by atoms with E-state index in [4.69, 9.17) is 11.6 Å². The summed E-state index contributed by atoms with van der Waals surface area (Å²) in [5.74, 6) is 0. The highest BCUT2D eigenvalue weighted by molar-refractivity contribution is 7.89. The summed E-state index contributed by atoms with van der Waals surface area (Å²) >= 11 is 5.96. The summed E-state index contributed by atoms with van der Waals surface area (Å²) in [6.07, 6.45) is 5.32. The van der Waals surface area contributed by atoms with Crippen molar-refractivity contribution in [2.24, 2.45) is 0 Å². The maximum atomic E-state index is 12.5. The largest absolute Gasteiger partial charge is 0.298 e. The van der Waals surface area contributed by atoms with Gasteiger partial charge in [0.1, 0.15) is 4.90 Å². The average molecular weight is 302 g/mol. The van der Waals surface area contributed by atoms with Crippen LogP contribution in [-0.4, -0.2) is 54.8 Å². The number of hydrogen-bond acceptors (Lipinski definition) is 4. The average Bonchev–Trinajstić information content (AvgIpc) is 3.23. The summed E-state index contributed by atoms with van der Waals surface area (Å²) in [5.41, 5.74) is 0. The molecule has 5 nitrogen and oxygen atoms in total. The number of hydrogen-bond donors (Lipinski definition) is 0. The zero-order chi connectivity index (χ0) is 13.5. The molecule has 3 rings (SSSR count). The lowest BCUT2D eigenvalue weighted by atomic mass is 10.3. The van der Waals surface area contributed by atoms with E-state index in [0.29, 0.717) is 19.1 Å². The molecule has 1 aliphatic carbocycles. The molecule has 1 aliphatic heterocycles.